The van der Waals surface area contributed by atoms with Crippen molar-refractivity contribution in [2.24, 2.45) is 5.41 Å². The molecule has 0 radical (unpaired) electrons. The average Bonchev–Trinajstić information content (AvgIpc) is 3.13. The Morgan fingerprint density at radius 2 is 1.97 bits per heavy atom. The van der Waals surface area contributed by atoms with E-state index in [2.05, 4.69) is 9.72 Å². The zero-order valence-electron chi connectivity index (χ0n) is 20.4. The van der Waals surface area contributed by atoms with Crippen molar-refractivity contribution in [3.8, 4) is 5.75 Å². The number of aliphatic carboxylic acids is 1. The van der Waals surface area contributed by atoms with E-state index in [9.17, 15) is 27.9 Å². The third kappa shape index (κ3) is 6.01. The van der Waals surface area contributed by atoms with Gasteiger partial charge < -0.3 is 19.3 Å². The number of rotatable bonds is 8. The molecule has 0 saturated carbocycles. The van der Waals surface area contributed by atoms with E-state index in [0.717, 1.165) is 16.6 Å². The van der Waals surface area contributed by atoms with Crippen LogP contribution in [0.3, 0.4) is 0 Å². The maximum absolute atomic E-state index is 13.0. The molecule has 37 heavy (non-hydrogen) atoms. The molecule has 0 aliphatic carbocycles. The quantitative estimate of drug-likeness (QED) is 0.392. The maximum atomic E-state index is 13.0. The molecular formula is C26H27ClF3N3O4. The van der Waals surface area contributed by atoms with Crippen molar-refractivity contribution in [1.29, 1.82) is 0 Å². The number of fused-ring (bicyclic) bond motifs is 3. The molecule has 0 bridgehead atoms. The van der Waals surface area contributed by atoms with Gasteiger partial charge in [-0.25, -0.2) is 4.98 Å². The first-order valence-electron chi connectivity index (χ1n) is 11.9. The molecule has 198 valence electrons. The van der Waals surface area contributed by atoms with E-state index in [1.54, 1.807) is 31.0 Å². The number of carbonyl (C=O) groups is 2. The largest absolute Gasteiger partial charge is 0.573 e. The summed E-state index contributed by atoms with van der Waals surface area (Å²) in [6, 6.07) is 8.02. The normalized spacial score (nSPS) is 14.1. The Morgan fingerprint density at radius 1 is 1.22 bits per heavy atom. The Hall–Kier alpha value is -3.27. The fourth-order valence-corrected chi connectivity index (χ4v) is 4.78. The number of ether oxygens (including phenoxy) is 1. The van der Waals surface area contributed by atoms with Crippen LogP contribution >= 0.6 is 11.6 Å². The second-order valence-corrected chi connectivity index (χ2v) is 10.2. The second-order valence-electron chi connectivity index (χ2n) is 9.81. The third-order valence-electron chi connectivity index (χ3n) is 6.70. The van der Waals surface area contributed by atoms with Crippen molar-refractivity contribution >= 4 is 34.5 Å². The summed E-state index contributed by atoms with van der Waals surface area (Å²) in [5.74, 6) is -1.44. The monoisotopic (exact) mass is 537 g/mol. The molecule has 0 spiro atoms. The average molecular weight is 538 g/mol. The van der Waals surface area contributed by atoms with Gasteiger partial charge in [-0.05, 0) is 68.5 Å². The maximum Gasteiger partial charge on any atom is 0.573 e. The summed E-state index contributed by atoms with van der Waals surface area (Å²) in [5.41, 5.74) is 2.24. The summed E-state index contributed by atoms with van der Waals surface area (Å²) < 4.78 is 44.4. The topological polar surface area (TPSA) is 84.7 Å². The van der Waals surface area contributed by atoms with Gasteiger partial charge in [-0.1, -0.05) is 17.7 Å². The first-order valence-corrected chi connectivity index (χ1v) is 12.2. The smallest absolute Gasteiger partial charge is 0.481 e. The molecule has 1 aliphatic heterocycles. The van der Waals surface area contributed by atoms with Gasteiger partial charge in [-0.2, -0.15) is 0 Å². The van der Waals surface area contributed by atoms with Crippen LogP contribution in [0.5, 0.6) is 5.75 Å². The van der Waals surface area contributed by atoms with Gasteiger partial charge in [0, 0.05) is 36.8 Å². The molecule has 0 atom stereocenters. The SMILES string of the molecule is CC(C)(CCCC(=O)N1CCc2c(n(Cc3ccc(Cl)c(OC(F)(F)F)c3)c3ncccc23)C1)C(=O)O. The van der Waals surface area contributed by atoms with Crippen LogP contribution in [0, 0.1) is 5.41 Å². The number of alkyl halides is 3. The fourth-order valence-electron chi connectivity index (χ4n) is 4.62. The fraction of sp³-hybridized carbons (Fsp3) is 0.423. The lowest BCUT2D eigenvalue weighted by molar-refractivity contribution is -0.274. The van der Waals surface area contributed by atoms with E-state index < -0.39 is 23.5 Å². The lowest BCUT2D eigenvalue weighted by Gasteiger charge is -2.29. The van der Waals surface area contributed by atoms with Crippen LogP contribution in [0.2, 0.25) is 5.02 Å². The van der Waals surface area contributed by atoms with Crippen LogP contribution in [0.1, 0.15) is 49.9 Å². The lowest BCUT2D eigenvalue weighted by atomic mass is 9.87. The van der Waals surface area contributed by atoms with Crippen LogP contribution in [-0.2, 0) is 29.1 Å². The highest BCUT2D eigenvalue weighted by Gasteiger charge is 2.33. The first-order chi connectivity index (χ1) is 17.4. The van der Waals surface area contributed by atoms with E-state index in [1.165, 1.54) is 12.1 Å². The van der Waals surface area contributed by atoms with Gasteiger partial charge in [-0.3, -0.25) is 9.59 Å². The highest BCUT2D eigenvalue weighted by atomic mass is 35.5. The third-order valence-corrected chi connectivity index (χ3v) is 7.01. The number of hydrogen-bond acceptors (Lipinski definition) is 4. The molecule has 0 saturated heterocycles. The summed E-state index contributed by atoms with van der Waals surface area (Å²) in [6.45, 7) is 4.34. The molecule has 4 rings (SSSR count). The van der Waals surface area contributed by atoms with Crippen molar-refractivity contribution in [2.45, 2.75) is 59.0 Å². The highest BCUT2D eigenvalue weighted by Crippen LogP contribution is 2.34. The van der Waals surface area contributed by atoms with Crippen LogP contribution in [0.25, 0.3) is 11.0 Å². The molecule has 11 heteroatoms. The molecule has 1 aromatic carbocycles. The van der Waals surface area contributed by atoms with Gasteiger partial charge in [-0.15, -0.1) is 13.2 Å². The molecule has 2 aromatic heterocycles. The Bertz CT molecular complexity index is 1340. The summed E-state index contributed by atoms with van der Waals surface area (Å²) in [5, 5.41) is 10.1. The van der Waals surface area contributed by atoms with Crippen molar-refractivity contribution in [1.82, 2.24) is 14.5 Å². The number of carbonyl (C=O) groups excluding carboxylic acids is 1. The first kappa shape index (κ1) is 26.8. The van der Waals surface area contributed by atoms with Gasteiger partial charge in [0.2, 0.25) is 5.91 Å². The minimum Gasteiger partial charge on any atom is -0.481 e. The van der Waals surface area contributed by atoms with Gasteiger partial charge >= 0.3 is 12.3 Å². The second kappa shape index (κ2) is 10.2. The van der Waals surface area contributed by atoms with Crippen LogP contribution in [0.15, 0.2) is 36.5 Å². The highest BCUT2D eigenvalue weighted by molar-refractivity contribution is 6.32. The van der Waals surface area contributed by atoms with Gasteiger partial charge in [0.15, 0.2) is 0 Å². The predicted octanol–water partition coefficient (Wildman–Crippen LogP) is 5.80. The Kier molecular flexibility index (Phi) is 7.41. The minimum atomic E-state index is -4.87. The van der Waals surface area contributed by atoms with Crippen LogP contribution in [0.4, 0.5) is 13.2 Å². The summed E-state index contributed by atoms with van der Waals surface area (Å²) in [7, 11) is 0. The van der Waals surface area contributed by atoms with Crippen molar-refractivity contribution in [2.75, 3.05) is 6.54 Å². The lowest BCUT2D eigenvalue weighted by Crippen LogP contribution is -2.36. The number of carboxylic acids is 1. The molecule has 7 nitrogen and oxygen atoms in total. The minimum absolute atomic E-state index is 0.0658. The summed E-state index contributed by atoms with van der Waals surface area (Å²) in [4.78, 5) is 30.6. The number of benzene rings is 1. The number of pyridine rings is 1. The number of amides is 1. The number of carboxylic acid groups (broad SMARTS) is 1. The zero-order chi connectivity index (χ0) is 27.0. The number of halogens is 4. The Balaban J connectivity index is 1.58. The van der Waals surface area contributed by atoms with Crippen LogP contribution < -0.4 is 4.74 Å². The van der Waals surface area contributed by atoms with E-state index in [-0.39, 0.29) is 23.9 Å². The molecule has 0 unspecified atom stereocenters. The van der Waals surface area contributed by atoms with Crippen molar-refractivity contribution in [3.63, 3.8) is 0 Å². The zero-order valence-corrected chi connectivity index (χ0v) is 21.2. The van der Waals surface area contributed by atoms with Gasteiger partial charge in [0.05, 0.1) is 17.0 Å². The molecule has 1 aliphatic rings. The molecule has 0 fully saturated rings. The molecular weight excluding hydrogens is 511 g/mol. The summed E-state index contributed by atoms with van der Waals surface area (Å²) >= 11 is 5.91. The van der Waals surface area contributed by atoms with E-state index in [1.807, 2.05) is 16.7 Å². The number of nitrogens with zero attached hydrogens (tertiary/aromatic N) is 3. The Morgan fingerprint density at radius 3 is 2.68 bits per heavy atom. The standard InChI is InChI=1S/C26H27ClF3N3O4/c1-25(2,24(35)36)10-3-6-22(34)32-12-9-17-18-5-4-11-31-23(18)33(20(17)15-32)14-16-7-8-19(27)21(13-16)37-26(28,29)30/h4-5,7-8,11,13H,3,6,9-10,12,14-15H2,1-2H3,(H,35,36). The number of aromatic nitrogens is 2. The molecule has 1 amide bonds. The molecule has 1 N–H and O–H groups in total. The Labute approximate surface area is 216 Å². The number of hydrogen-bond donors (Lipinski definition) is 1. The van der Waals surface area contributed by atoms with E-state index in [4.69, 9.17) is 11.6 Å². The van der Waals surface area contributed by atoms with E-state index >= 15 is 0 Å². The van der Waals surface area contributed by atoms with Crippen molar-refractivity contribution < 1.29 is 32.6 Å². The molecule has 3 aromatic rings. The van der Waals surface area contributed by atoms with Crippen molar-refractivity contribution in [3.05, 3.63) is 58.4 Å². The van der Waals surface area contributed by atoms with Gasteiger partial charge in [0.1, 0.15) is 11.4 Å². The van der Waals surface area contributed by atoms with E-state index in [0.29, 0.717) is 43.6 Å². The van der Waals surface area contributed by atoms with Crippen LogP contribution in [-0.4, -0.2) is 44.3 Å². The summed E-state index contributed by atoms with van der Waals surface area (Å²) in [6.07, 6.45) is -1.53. The van der Waals surface area contributed by atoms with Gasteiger partial charge in [0.25, 0.3) is 0 Å². The molecule has 3 heterocycles. The predicted molar refractivity (Wildman–Crippen MR) is 131 cm³/mol.